The van der Waals surface area contributed by atoms with Crippen LogP contribution in [-0.2, 0) is 35.0 Å². The van der Waals surface area contributed by atoms with Crippen molar-refractivity contribution in [3.05, 3.63) is 60.2 Å². The molecule has 2 aliphatic carbocycles. The van der Waals surface area contributed by atoms with E-state index in [1.165, 1.54) is 5.57 Å². The highest BCUT2D eigenvalue weighted by molar-refractivity contribution is 5.78. The lowest BCUT2D eigenvalue weighted by Crippen LogP contribution is -2.56. The third kappa shape index (κ3) is 8.24. The van der Waals surface area contributed by atoms with Crippen LogP contribution in [0.3, 0.4) is 0 Å². The minimum Gasteiger partial charge on any atom is -0.443 e. The van der Waals surface area contributed by atoms with Crippen molar-refractivity contribution in [3.63, 3.8) is 0 Å². The molecule has 0 radical (unpaired) electrons. The van der Waals surface area contributed by atoms with Crippen molar-refractivity contribution in [3.8, 4) is 0 Å². The van der Waals surface area contributed by atoms with Crippen molar-refractivity contribution in [1.82, 2.24) is 21.5 Å². The first-order chi connectivity index (χ1) is 22.2. The maximum atomic E-state index is 13.1. The summed E-state index contributed by atoms with van der Waals surface area (Å²) in [4.78, 5) is 37.0. The second-order valence-corrected chi connectivity index (χ2v) is 13.4. The highest BCUT2D eigenvalue weighted by Gasteiger charge is 2.73. The summed E-state index contributed by atoms with van der Waals surface area (Å²) < 4.78 is 24.3. The maximum absolute atomic E-state index is 13.1. The third-order valence-corrected chi connectivity index (χ3v) is 9.91. The van der Waals surface area contributed by atoms with Crippen LogP contribution in [0.25, 0.3) is 0 Å². The molecule has 11 nitrogen and oxygen atoms in total. The van der Waals surface area contributed by atoms with Crippen LogP contribution in [0.4, 0.5) is 4.79 Å². The predicted molar refractivity (Wildman–Crippen MR) is 173 cm³/mol. The summed E-state index contributed by atoms with van der Waals surface area (Å²) in [6.45, 7) is 8.95. The van der Waals surface area contributed by atoms with Crippen LogP contribution in [-0.4, -0.2) is 86.2 Å². The Morgan fingerprint density at radius 1 is 1.09 bits per heavy atom. The minimum atomic E-state index is -0.575. The Morgan fingerprint density at radius 2 is 1.78 bits per heavy atom. The molecule has 5 rings (SSSR count). The van der Waals surface area contributed by atoms with E-state index < -0.39 is 23.8 Å². The number of carbonyl (C=O) groups excluding carboxylic acids is 3. The van der Waals surface area contributed by atoms with E-state index in [9.17, 15) is 14.4 Å². The van der Waals surface area contributed by atoms with Crippen molar-refractivity contribution in [1.29, 1.82) is 0 Å². The molecule has 4 N–H and O–H groups in total. The molecule has 0 bridgehead atoms. The van der Waals surface area contributed by atoms with E-state index in [0.29, 0.717) is 19.4 Å². The standard InChI is InChI=1S/C35H50N4O7/c1-5-35(29(46-35)16-11-23(2)3)32-31(43-4)28(17-18-34(32)22-44-34)45-33(42)38-26-14-12-25(13-15-26)37-30(41)20-36-39-27(21-40)19-24-9-7-6-8-10-24/h5-11,21,25-29,31-32,36,39H,1,12-20,22H2,2-4H3,(H,37,41)(H,38,42)/t25?,26?,27-,28?,29+,31?,32?,34-,35-/m0/s1. The van der Waals surface area contributed by atoms with Crippen molar-refractivity contribution >= 4 is 18.3 Å². The van der Waals surface area contributed by atoms with Gasteiger partial charge in [-0.1, -0.05) is 48.1 Å². The lowest BCUT2D eigenvalue weighted by atomic mass is 9.67. The molecular weight excluding hydrogens is 588 g/mol. The zero-order valence-electron chi connectivity index (χ0n) is 27.3. The van der Waals surface area contributed by atoms with Crippen molar-refractivity contribution in [2.24, 2.45) is 5.92 Å². The Labute approximate surface area is 272 Å². The molecule has 0 aromatic heterocycles. The number of ether oxygens (including phenoxy) is 4. The van der Waals surface area contributed by atoms with Gasteiger partial charge in [-0.2, -0.15) is 0 Å². The van der Waals surface area contributed by atoms with Gasteiger partial charge in [0.25, 0.3) is 0 Å². The van der Waals surface area contributed by atoms with Crippen LogP contribution in [0.2, 0.25) is 0 Å². The Balaban J connectivity index is 1.04. The first-order valence-corrected chi connectivity index (χ1v) is 16.6. The number of hydrogen-bond donors (Lipinski definition) is 4. The van der Waals surface area contributed by atoms with E-state index >= 15 is 0 Å². The summed E-state index contributed by atoms with van der Waals surface area (Å²) in [6.07, 6.45) is 9.30. The average Bonchev–Trinajstić information content (AvgIpc) is 3.98. The van der Waals surface area contributed by atoms with E-state index in [1.54, 1.807) is 7.11 Å². The lowest BCUT2D eigenvalue weighted by molar-refractivity contribution is -0.121. The van der Waals surface area contributed by atoms with E-state index in [2.05, 4.69) is 48.0 Å². The lowest BCUT2D eigenvalue weighted by Gasteiger charge is -2.43. The van der Waals surface area contributed by atoms with Crippen LogP contribution < -0.4 is 21.5 Å². The fraction of sp³-hybridized carbons (Fsp3) is 0.629. The fourth-order valence-corrected chi connectivity index (χ4v) is 7.35. The van der Waals surface area contributed by atoms with Gasteiger partial charge in [0.1, 0.15) is 29.7 Å². The number of aldehydes is 1. The minimum absolute atomic E-state index is 0.00757. The number of epoxide rings is 2. The van der Waals surface area contributed by atoms with Gasteiger partial charge < -0.3 is 34.4 Å². The molecule has 2 saturated heterocycles. The quantitative estimate of drug-likeness (QED) is 0.0985. The normalized spacial score (nSPS) is 33.7. The van der Waals surface area contributed by atoms with Crippen molar-refractivity contribution < 1.29 is 33.3 Å². The Bertz CT molecular complexity index is 1240. The van der Waals surface area contributed by atoms with Gasteiger partial charge in [0.2, 0.25) is 5.91 Å². The Hall–Kier alpha value is -3.09. The highest BCUT2D eigenvalue weighted by atomic mass is 16.6. The summed E-state index contributed by atoms with van der Waals surface area (Å²) in [5.74, 6) is -0.274. The van der Waals surface area contributed by atoms with Crippen LogP contribution in [0.1, 0.15) is 64.4 Å². The number of rotatable bonds is 15. The number of carbonyl (C=O) groups is 3. The second-order valence-electron chi connectivity index (χ2n) is 13.4. The molecule has 2 heterocycles. The molecule has 2 saturated carbocycles. The molecule has 2 aliphatic heterocycles. The molecule has 4 fully saturated rings. The monoisotopic (exact) mass is 638 g/mol. The van der Waals surface area contributed by atoms with Crippen LogP contribution in [0.15, 0.2) is 54.6 Å². The number of benzene rings is 1. The molecule has 1 spiro atoms. The van der Waals surface area contributed by atoms with Crippen molar-refractivity contribution in [2.45, 2.75) is 113 Å². The summed E-state index contributed by atoms with van der Waals surface area (Å²) >= 11 is 0. The number of allylic oxidation sites excluding steroid dienone is 1. The van der Waals surface area contributed by atoms with Gasteiger partial charge in [0.15, 0.2) is 0 Å². The SMILES string of the molecule is C=C[C@]1(C2C(OC)C(OC(=O)NC3CCC(NC(=O)CNN[C@H](C=O)Cc4ccccc4)CC3)CC[C@]23CO3)O[C@@H]1CC=C(C)C. The van der Waals surface area contributed by atoms with E-state index in [-0.39, 0.29) is 48.3 Å². The van der Waals surface area contributed by atoms with E-state index in [4.69, 9.17) is 18.9 Å². The number of alkyl carbamates (subject to hydrolysis) is 1. The average molecular weight is 639 g/mol. The molecular formula is C35H50N4O7. The molecule has 2 amide bonds. The fourth-order valence-electron chi connectivity index (χ4n) is 7.35. The topological polar surface area (TPSA) is 143 Å². The smallest absolute Gasteiger partial charge is 0.407 e. The zero-order valence-corrected chi connectivity index (χ0v) is 27.3. The molecule has 4 aliphatic rings. The molecule has 252 valence electrons. The van der Waals surface area contributed by atoms with Gasteiger partial charge in [-0.25, -0.2) is 15.6 Å². The molecule has 46 heavy (non-hydrogen) atoms. The first kappa shape index (κ1) is 34.3. The summed E-state index contributed by atoms with van der Waals surface area (Å²) in [7, 11) is 1.66. The van der Waals surface area contributed by atoms with E-state index in [0.717, 1.165) is 50.4 Å². The third-order valence-electron chi connectivity index (χ3n) is 9.91. The van der Waals surface area contributed by atoms with Crippen LogP contribution in [0, 0.1) is 5.92 Å². The molecule has 1 aromatic rings. The van der Waals surface area contributed by atoms with Crippen LogP contribution in [0.5, 0.6) is 0 Å². The maximum Gasteiger partial charge on any atom is 0.407 e. The molecule has 3 unspecified atom stereocenters. The highest BCUT2D eigenvalue weighted by Crippen LogP contribution is 2.60. The van der Waals surface area contributed by atoms with E-state index in [1.807, 2.05) is 36.4 Å². The van der Waals surface area contributed by atoms with Gasteiger partial charge in [-0.15, -0.1) is 6.58 Å². The first-order valence-electron chi connectivity index (χ1n) is 16.6. The molecule has 1 aromatic carbocycles. The summed E-state index contributed by atoms with van der Waals surface area (Å²) in [5.41, 5.74) is 7.15. The van der Waals surface area contributed by atoms with Gasteiger partial charge >= 0.3 is 6.09 Å². The van der Waals surface area contributed by atoms with Crippen molar-refractivity contribution in [2.75, 3.05) is 20.3 Å². The summed E-state index contributed by atoms with van der Waals surface area (Å²) in [5, 5.41) is 6.09. The number of hydrazine groups is 1. The molecule has 11 heteroatoms. The Morgan fingerprint density at radius 3 is 2.39 bits per heavy atom. The largest absolute Gasteiger partial charge is 0.443 e. The van der Waals surface area contributed by atoms with Gasteiger partial charge in [-0.05, 0) is 70.8 Å². The zero-order chi connectivity index (χ0) is 32.7. The Kier molecular flexibility index (Phi) is 11.3. The van der Waals surface area contributed by atoms with Gasteiger partial charge in [0.05, 0.1) is 31.2 Å². The number of methoxy groups -OCH3 is 1. The number of amides is 2. The predicted octanol–water partition coefficient (Wildman–Crippen LogP) is 3.29. The number of hydrogen-bond acceptors (Lipinski definition) is 9. The van der Waals surface area contributed by atoms with Crippen LogP contribution >= 0.6 is 0 Å². The summed E-state index contributed by atoms with van der Waals surface area (Å²) in [6, 6.07) is 9.25. The molecule has 7 atom stereocenters. The number of nitrogens with one attached hydrogen (secondary N) is 4. The second kappa shape index (κ2) is 15.2. The van der Waals surface area contributed by atoms with Gasteiger partial charge in [-0.3, -0.25) is 4.79 Å². The van der Waals surface area contributed by atoms with Gasteiger partial charge in [0, 0.05) is 19.2 Å².